The number of rotatable bonds is 2. The van der Waals surface area contributed by atoms with E-state index in [1.165, 1.54) is 6.42 Å². The van der Waals surface area contributed by atoms with Crippen molar-refractivity contribution in [2.24, 2.45) is 0 Å². The minimum Gasteiger partial charge on any atom is -0.299 e. The summed E-state index contributed by atoms with van der Waals surface area (Å²) >= 11 is 0. The first-order valence-corrected chi connectivity index (χ1v) is 4.60. The standard InChI is InChI=1S/C9H16N2O/c1-7(12)4-11-5-8-3-9(6-11)10(8)2/h8-9H,3-6H2,1-2H3. The zero-order valence-corrected chi connectivity index (χ0v) is 7.79. The number of carbonyl (C=O) groups is 1. The summed E-state index contributed by atoms with van der Waals surface area (Å²) in [4.78, 5) is 15.6. The van der Waals surface area contributed by atoms with Gasteiger partial charge in [0.15, 0.2) is 0 Å². The molecule has 0 aromatic carbocycles. The monoisotopic (exact) mass is 168 g/mol. The summed E-state index contributed by atoms with van der Waals surface area (Å²) in [6.07, 6.45) is 1.34. The van der Waals surface area contributed by atoms with E-state index in [9.17, 15) is 4.79 Å². The third-order valence-electron chi connectivity index (χ3n) is 3.08. The first kappa shape index (κ1) is 8.20. The average Bonchev–Trinajstić information content (AvgIpc) is 2.02. The molecule has 0 radical (unpaired) electrons. The van der Waals surface area contributed by atoms with E-state index >= 15 is 0 Å². The van der Waals surface area contributed by atoms with Crippen LogP contribution >= 0.6 is 0 Å². The number of fused-ring (bicyclic) bond motifs is 2. The molecule has 3 nitrogen and oxygen atoms in total. The van der Waals surface area contributed by atoms with Crippen LogP contribution in [-0.2, 0) is 4.79 Å². The fourth-order valence-electron chi connectivity index (χ4n) is 2.33. The zero-order valence-electron chi connectivity index (χ0n) is 7.79. The Morgan fingerprint density at radius 3 is 2.42 bits per heavy atom. The number of hydrogen-bond donors (Lipinski definition) is 0. The highest BCUT2D eigenvalue weighted by Crippen LogP contribution is 2.29. The highest BCUT2D eigenvalue weighted by molar-refractivity contribution is 5.77. The number of hydrogen-bond acceptors (Lipinski definition) is 3. The van der Waals surface area contributed by atoms with Crippen LogP contribution in [0.3, 0.4) is 0 Å². The van der Waals surface area contributed by atoms with Crippen molar-refractivity contribution >= 4 is 5.78 Å². The Balaban J connectivity index is 1.86. The maximum absolute atomic E-state index is 10.9. The van der Waals surface area contributed by atoms with Gasteiger partial charge in [0.2, 0.25) is 0 Å². The van der Waals surface area contributed by atoms with E-state index in [4.69, 9.17) is 0 Å². The van der Waals surface area contributed by atoms with Gasteiger partial charge >= 0.3 is 0 Å². The molecule has 0 spiro atoms. The quantitative estimate of drug-likeness (QED) is 0.578. The van der Waals surface area contributed by atoms with E-state index in [0.29, 0.717) is 12.3 Å². The Hall–Kier alpha value is -0.410. The Morgan fingerprint density at radius 1 is 1.42 bits per heavy atom. The largest absolute Gasteiger partial charge is 0.299 e. The number of piperazine rings is 1. The van der Waals surface area contributed by atoms with Gasteiger partial charge in [-0.1, -0.05) is 0 Å². The Bertz CT molecular complexity index is 193. The third-order valence-corrected chi connectivity index (χ3v) is 3.08. The topological polar surface area (TPSA) is 23.6 Å². The average molecular weight is 168 g/mol. The van der Waals surface area contributed by atoms with Crippen LogP contribution in [-0.4, -0.2) is 54.3 Å². The van der Waals surface area contributed by atoms with E-state index in [1.54, 1.807) is 6.92 Å². The minimum atomic E-state index is 0.291. The van der Waals surface area contributed by atoms with Gasteiger partial charge in [-0.15, -0.1) is 0 Å². The molecule has 3 rings (SSSR count). The number of nitrogens with zero attached hydrogens (tertiary/aromatic N) is 2. The molecule has 3 aliphatic heterocycles. The van der Waals surface area contributed by atoms with E-state index in [-0.39, 0.29) is 0 Å². The van der Waals surface area contributed by atoms with E-state index in [2.05, 4.69) is 16.8 Å². The van der Waals surface area contributed by atoms with Crippen molar-refractivity contribution in [2.45, 2.75) is 25.4 Å². The molecule has 0 aromatic heterocycles. The molecule has 3 saturated heterocycles. The van der Waals surface area contributed by atoms with Crippen LogP contribution in [0, 0.1) is 0 Å². The maximum Gasteiger partial charge on any atom is 0.143 e. The molecular weight excluding hydrogens is 152 g/mol. The van der Waals surface area contributed by atoms with Crippen molar-refractivity contribution in [1.29, 1.82) is 0 Å². The first-order valence-electron chi connectivity index (χ1n) is 4.60. The summed E-state index contributed by atoms with van der Waals surface area (Å²) in [7, 11) is 2.18. The van der Waals surface area contributed by atoms with Crippen molar-refractivity contribution < 1.29 is 4.79 Å². The summed E-state index contributed by atoms with van der Waals surface area (Å²) in [5, 5.41) is 0. The van der Waals surface area contributed by atoms with Gasteiger partial charge in [0, 0.05) is 25.2 Å². The van der Waals surface area contributed by atoms with Crippen LogP contribution in [0.2, 0.25) is 0 Å². The van der Waals surface area contributed by atoms with E-state index in [1.807, 2.05) is 0 Å². The summed E-state index contributed by atoms with van der Waals surface area (Å²) in [6, 6.07) is 1.45. The van der Waals surface area contributed by atoms with E-state index in [0.717, 1.165) is 25.2 Å². The number of likely N-dealkylation sites (N-methyl/N-ethyl adjacent to an activating group) is 1. The van der Waals surface area contributed by atoms with Crippen LogP contribution in [0.1, 0.15) is 13.3 Å². The Labute approximate surface area is 73.3 Å². The molecular formula is C9H16N2O. The SMILES string of the molecule is CC(=O)CN1CC2CC(C1)N2C. The molecule has 3 aliphatic rings. The highest BCUT2D eigenvalue weighted by atomic mass is 16.1. The van der Waals surface area contributed by atoms with Crippen LogP contribution in [0.15, 0.2) is 0 Å². The first-order chi connectivity index (χ1) is 5.66. The normalized spacial score (nSPS) is 36.2. The highest BCUT2D eigenvalue weighted by Gasteiger charge is 2.41. The molecule has 0 aliphatic carbocycles. The molecule has 2 bridgehead atoms. The lowest BCUT2D eigenvalue weighted by atomic mass is 9.88. The molecule has 2 atom stereocenters. The maximum atomic E-state index is 10.9. The fourth-order valence-corrected chi connectivity index (χ4v) is 2.33. The lowest BCUT2D eigenvalue weighted by Gasteiger charge is -2.54. The van der Waals surface area contributed by atoms with Crippen molar-refractivity contribution in [3.63, 3.8) is 0 Å². The molecule has 0 aromatic rings. The lowest BCUT2D eigenvalue weighted by molar-refractivity contribution is -0.121. The van der Waals surface area contributed by atoms with Crippen molar-refractivity contribution in [3.05, 3.63) is 0 Å². The number of Topliss-reactive ketones (excluding diaryl/α,β-unsaturated/α-hetero) is 1. The molecule has 2 unspecified atom stereocenters. The van der Waals surface area contributed by atoms with Crippen molar-refractivity contribution in [3.8, 4) is 0 Å². The zero-order chi connectivity index (χ0) is 8.72. The molecule has 0 amide bonds. The predicted molar refractivity (Wildman–Crippen MR) is 47.1 cm³/mol. The van der Waals surface area contributed by atoms with Crippen LogP contribution in [0.5, 0.6) is 0 Å². The molecule has 12 heavy (non-hydrogen) atoms. The van der Waals surface area contributed by atoms with Crippen LogP contribution in [0.4, 0.5) is 0 Å². The smallest absolute Gasteiger partial charge is 0.143 e. The minimum absolute atomic E-state index is 0.291. The Morgan fingerprint density at radius 2 is 2.00 bits per heavy atom. The molecule has 0 saturated carbocycles. The summed E-state index contributed by atoms with van der Waals surface area (Å²) in [5.74, 6) is 0.291. The van der Waals surface area contributed by atoms with Gasteiger partial charge in [0.25, 0.3) is 0 Å². The molecule has 0 N–H and O–H groups in total. The van der Waals surface area contributed by atoms with Crippen molar-refractivity contribution in [1.82, 2.24) is 9.80 Å². The number of carbonyl (C=O) groups excluding carboxylic acids is 1. The number of ketones is 1. The molecule has 3 heterocycles. The molecule has 3 fully saturated rings. The van der Waals surface area contributed by atoms with Crippen LogP contribution in [0.25, 0.3) is 0 Å². The second kappa shape index (κ2) is 2.82. The van der Waals surface area contributed by atoms with Crippen LogP contribution < -0.4 is 0 Å². The van der Waals surface area contributed by atoms with Gasteiger partial charge in [-0.05, 0) is 20.4 Å². The van der Waals surface area contributed by atoms with Gasteiger partial charge in [0.05, 0.1) is 6.54 Å². The summed E-state index contributed by atoms with van der Waals surface area (Å²) in [5.41, 5.74) is 0. The van der Waals surface area contributed by atoms with Gasteiger partial charge in [0.1, 0.15) is 5.78 Å². The summed E-state index contributed by atoms with van der Waals surface area (Å²) < 4.78 is 0. The van der Waals surface area contributed by atoms with Gasteiger partial charge in [-0.3, -0.25) is 14.6 Å². The van der Waals surface area contributed by atoms with Gasteiger partial charge in [-0.25, -0.2) is 0 Å². The number of piperidine rings is 1. The third kappa shape index (κ3) is 1.27. The molecule has 68 valence electrons. The second-order valence-electron chi connectivity index (χ2n) is 4.10. The Kier molecular flexibility index (Phi) is 1.93. The summed E-state index contributed by atoms with van der Waals surface area (Å²) in [6.45, 7) is 4.50. The van der Waals surface area contributed by atoms with Crippen molar-refractivity contribution in [2.75, 3.05) is 26.7 Å². The second-order valence-corrected chi connectivity index (χ2v) is 4.10. The van der Waals surface area contributed by atoms with Gasteiger partial charge in [-0.2, -0.15) is 0 Å². The van der Waals surface area contributed by atoms with Gasteiger partial charge < -0.3 is 0 Å². The molecule has 3 heteroatoms. The fraction of sp³-hybridized carbons (Fsp3) is 0.889. The predicted octanol–water partition coefficient (Wildman–Crippen LogP) is -0.0363. The lowest BCUT2D eigenvalue weighted by Crippen LogP contribution is -2.67. The van der Waals surface area contributed by atoms with E-state index < -0.39 is 0 Å².